The molecule has 210 valence electrons. The smallest absolute Gasteiger partial charge is 0.398 e. The molecule has 3 aromatic rings. The zero-order valence-electron chi connectivity index (χ0n) is 21.3. The molecule has 4 rings (SSSR count). The lowest BCUT2D eigenvalue weighted by molar-refractivity contribution is -0.180. The first-order valence-corrected chi connectivity index (χ1v) is 13.0. The fraction of sp³-hybridized carbons (Fsp3) is 0.400. The highest BCUT2D eigenvalue weighted by atomic mass is 19.3. The molecule has 1 aliphatic rings. The van der Waals surface area contributed by atoms with Gasteiger partial charge in [-0.05, 0) is 84.9 Å². The minimum absolute atomic E-state index is 0.104. The van der Waals surface area contributed by atoms with E-state index in [0.29, 0.717) is 24.1 Å². The van der Waals surface area contributed by atoms with Crippen molar-refractivity contribution in [2.24, 2.45) is 5.92 Å². The van der Waals surface area contributed by atoms with Crippen LogP contribution in [0.15, 0.2) is 42.5 Å². The summed E-state index contributed by atoms with van der Waals surface area (Å²) in [5.74, 6) is -8.20. The van der Waals surface area contributed by atoms with Crippen molar-refractivity contribution in [3.8, 4) is 16.9 Å². The number of ether oxygens (including phenoxy) is 1. The molecule has 0 aromatic heterocycles. The van der Waals surface area contributed by atoms with Crippen LogP contribution in [0, 0.1) is 40.8 Å². The third-order valence-corrected chi connectivity index (χ3v) is 7.36. The molecule has 0 unspecified atom stereocenters. The van der Waals surface area contributed by atoms with Crippen LogP contribution in [0.1, 0.15) is 68.9 Å². The third-order valence-electron chi connectivity index (χ3n) is 7.36. The van der Waals surface area contributed by atoms with Crippen LogP contribution in [0.3, 0.4) is 0 Å². The first-order valence-electron chi connectivity index (χ1n) is 13.0. The summed E-state index contributed by atoms with van der Waals surface area (Å²) in [5, 5.41) is 0. The van der Waals surface area contributed by atoms with E-state index < -0.39 is 59.6 Å². The van der Waals surface area contributed by atoms with Gasteiger partial charge in [0.2, 0.25) is 0 Å². The lowest BCUT2D eigenvalue weighted by atomic mass is 9.77. The highest BCUT2D eigenvalue weighted by Gasteiger charge is 2.33. The van der Waals surface area contributed by atoms with Gasteiger partial charge >= 0.3 is 6.11 Å². The average Bonchev–Trinajstić information content (AvgIpc) is 2.88. The van der Waals surface area contributed by atoms with Gasteiger partial charge in [0.25, 0.3) is 0 Å². The van der Waals surface area contributed by atoms with Gasteiger partial charge in [-0.3, -0.25) is 0 Å². The van der Waals surface area contributed by atoms with Crippen LogP contribution in [0.5, 0.6) is 5.75 Å². The van der Waals surface area contributed by atoms with Gasteiger partial charge in [-0.15, -0.1) is 0 Å². The van der Waals surface area contributed by atoms with Crippen molar-refractivity contribution in [1.82, 2.24) is 0 Å². The van der Waals surface area contributed by atoms with Gasteiger partial charge in [-0.25, -0.2) is 26.3 Å². The number of aryl methyl sites for hydroxylation is 1. The van der Waals surface area contributed by atoms with E-state index in [9.17, 15) is 35.1 Å². The van der Waals surface area contributed by atoms with Crippen molar-refractivity contribution in [3.63, 3.8) is 0 Å². The summed E-state index contributed by atoms with van der Waals surface area (Å²) in [7, 11) is 0. The molecule has 1 fully saturated rings. The Labute approximate surface area is 221 Å². The molecule has 0 radical (unpaired) electrons. The van der Waals surface area contributed by atoms with Crippen molar-refractivity contribution in [3.05, 3.63) is 88.5 Å². The van der Waals surface area contributed by atoms with E-state index in [2.05, 4.69) is 11.7 Å². The Bertz CT molecular complexity index is 1290. The minimum Gasteiger partial charge on any atom is -0.432 e. The molecular formula is C30H28F8O. The van der Waals surface area contributed by atoms with Crippen LogP contribution in [0.25, 0.3) is 11.1 Å². The standard InChI is InChI=1S/C30H28F8O/c1-2-3-17-4-6-18(7-5-17)23-10-8-19(27(34)28(23)35)12-13-30(37,38)39-21-9-11-22(24(31)16-21)20-14-25(32)29(36)26(33)15-20/h8-11,14-18H,2-7,12-13H2,1H3. The summed E-state index contributed by atoms with van der Waals surface area (Å²) >= 11 is 0. The van der Waals surface area contributed by atoms with Gasteiger partial charge in [0, 0.05) is 11.6 Å². The molecule has 0 aliphatic heterocycles. The van der Waals surface area contributed by atoms with Crippen molar-refractivity contribution >= 4 is 0 Å². The third kappa shape index (κ3) is 6.73. The van der Waals surface area contributed by atoms with E-state index in [1.54, 1.807) is 0 Å². The molecule has 1 aliphatic carbocycles. The SMILES string of the molecule is CCCC1CCC(c2ccc(CCC(F)(F)Oc3ccc(-c4cc(F)c(F)c(F)c4)c(F)c3)c(F)c2F)CC1. The molecular weight excluding hydrogens is 528 g/mol. The van der Waals surface area contributed by atoms with E-state index in [0.717, 1.165) is 50.7 Å². The number of benzene rings is 3. The molecule has 0 saturated heterocycles. The van der Waals surface area contributed by atoms with Crippen LogP contribution in [0.2, 0.25) is 0 Å². The first-order chi connectivity index (χ1) is 18.5. The van der Waals surface area contributed by atoms with Crippen LogP contribution >= 0.6 is 0 Å². The maximum Gasteiger partial charge on any atom is 0.398 e. The van der Waals surface area contributed by atoms with E-state index in [1.165, 1.54) is 12.1 Å². The lowest BCUT2D eigenvalue weighted by Crippen LogP contribution is -2.25. The number of hydrogen-bond acceptors (Lipinski definition) is 1. The Kier molecular flexibility index (Phi) is 8.86. The molecule has 9 heteroatoms. The molecule has 1 saturated carbocycles. The molecule has 0 amide bonds. The molecule has 0 atom stereocenters. The van der Waals surface area contributed by atoms with Gasteiger partial charge in [0.15, 0.2) is 29.1 Å². The summed E-state index contributed by atoms with van der Waals surface area (Å²) in [6, 6.07) is 6.42. The minimum atomic E-state index is -3.86. The number of hydrogen-bond donors (Lipinski definition) is 0. The van der Waals surface area contributed by atoms with Gasteiger partial charge in [-0.2, -0.15) is 8.78 Å². The zero-order chi connectivity index (χ0) is 28.3. The Morgan fingerprint density at radius 3 is 2.05 bits per heavy atom. The Morgan fingerprint density at radius 1 is 0.769 bits per heavy atom. The predicted molar refractivity (Wildman–Crippen MR) is 132 cm³/mol. The Morgan fingerprint density at radius 2 is 1.44 bits per heavy atom. The van der Waals surface area contributed by atoms with Crippen molar-refractivity contribution in [1.29, 1.82) is 0 Å². The highest BCUT2D eigenvalue weighted by molar-refractivity contribution is 5.65. The van der Waals surface area contributed by atoms with E-state index in [1.807, 2.05) is 0 Å². The van der Waals surface area contributed by atoms with E-state index in [-0.39, 0.29) is 28.2 Å². The van der Waals surface area contributed by atoms with Gasteiger partial charge in [0.05, 0.1) is 6.42 Å². The monoisotopic (exact) mass is 556 g/mol. The average molecular weight is 557 g/mol. The summed E-state index contributed by atoms with van der Waals surface area (Å²) in [5.41, 5.74) is -0.649. The number of rotatable bonds is 9. The largest absolute Gasteiger partial charge is 0.432 e. The van der Waals surface area contributed by atoms with E-state index in [4.69, 9.17) is 0 Å². The maximum absolute atomic E-state index is 14.8. The second-order valence-corrected chi connectivity index (χ2v) is 10.1. The van der Waals surface area contributed by atoms with Crippen molar-refractivity contribution in [2.45, 2.75) is 70.3 Å². The van der Waals surface area contributed by atoms with Crippen LogP contribution in [-0.4, -0.2) is 6.11 Å². The summed E-state index contributed by atoms with van der Waals surface area (Å²) < 4.78 is 118. The molecule has 3 aromatic carbocycles. The molecule has 0 bridgehead atoms. The summed E-state index contributed by atoms with van der Waals surface area (Å²) in [6.07, 6.45) is 0.204. The number of halogens is 8. The molecule has 0 N–H and O–H groups in total. The normalized spacial score (nSPS) is 17.9. The van der Waals surface area contributed by atoms with Crippen molar-refractivity contribution in [2.75, 3.05) is 0 Å². The van der Waals surface area contributed by atoms with Crippen LogP contribution < -0.4 is 4.74 Å². The van der Waals surface area contributed by atoms with Gasteiger partial charge < -0.3 is 4.74 Å². The molecule has 1 nitrogen and oxygen atoms in total. The molecule has 0 spiro atoms. The van der Waals surface area contributed by atoms with Crippen LogP contribution in [0.4, 0.5) is 35.1 Å². The quantitative estimate of drug-likeness (QED) is 0.188. The summed E-state index contributed by atoms with van der Waals surface area (Å²) in [4.78, 5) is 0. The second-order valence-electron chi connectivity index (χ2n) is 10.1. The van der Waals surface area contributed by atoms with Gasteiger partial charge in [0.1, 0.15) is 11.6 Å². The molecule has 39 heavy (non-hydrogen) atoms. The Hall–Kier alpha value is -3.10. The maximum atomic E-state index is 14.8. The second kappa shape index (κ2) is 12.0. The topological polar surface area (TPSA) is 9.23 Å². The summed E-state index contributed by atoms with van der Waals surface area (Å²) in [6.45, 7) is 2.12. The van der Waals surface area contributed by atoms with Crippen molar-refractivity contribution < 1.29 is 39.9 Å². The highest BCUT2D eigenvalue weighted by Crippen LogP contribution is 2.39. The fourth-order valence-electron chi connectivity index (χ4n) is 5.29. The number of alkyl halides is 2. The lowest BCUT2D eigenvalue weighted by Gasteiger charge is -2.29. The zero-order valence-corrected chi connectivity index (χ0v) is 21.3. The van der Waals surface area contributed by atoms with Crippen LogP contribution in [-0.2, 0) is 6.42 Å². The molecule has 0 heterocycles. The Balaban J connectivity index is 1.40. The first kappa shape index (κ1) is 28.9. The van der Waals surface area contributed by atoms with E-state index >= 15 is 0 Å². The fourth-order valence-corrected chi connectivity index (χ4v) is 5.29. The van der Waals surface area contributed by atoms with Gasteiger partial charge in [-0.1, -0.05) is 31.9 Å². The predicted octanol–water partition coefficient (Wildman–Crippen LogP) is 9.87.